The van der Waals surface area contributed by atoms with Crippen molar-refractivity contribution >= 4 is 11.7 Å². The van der Waals surface area contributed by atoms with Crippen molar-refractivity contribution in [2.45, 2.75) is 25.7 Å². The molecule has 0 saturated carbocycles. The number of halogens is 1. The molecule has 2 N–H and O–H groups in total. The van der Waals surface area contributed by atoms with E-state index in [-0.39, 0.29) is 6.42 Å². The number of carbonyl (C=O) groups is 1. The van der Waals surface area contributed by atoms with Crippen LogP contribution in [0.1, 0.15) is 31.2 Å². The lowest BCUT2D eigenvalue weighted by atomic mass is 10.2. The monoisotopic (exact) mass is 250 g/mol. The molecule has 0 unspecified atom stereocenters. The first-order chi connectivity index (χ1) is 8.63. The predicted octanol–water partition coefficient (Wildman–Crippen LogP) is 2.75. The average molecular weight is 250 g/mol. The first-order valence-corrected chi connectivity index (χ1v) is 5.79. The van der Waals surface area contributed by atoms with Gasteiger partial charge in [-0.3, -0.25) is 4.79 Å². The second kappa shape index (κ2) is 7.28. The highest BCUT2D eigenvalue weighted by Gasteiger charge is 2.02. The average Bonchev–Trinajstić information content (AvgIpc) is 2.34. The summed E-state index contributed by atoms with van der Waals surface area (Å²) in [4.78, 5) is 10.3. The first-order valence-electron chi connectivity index (χ1n) is 5.79. The number of rotatable bonds is 7. The number of unbranched alkanes of at least 4 members (excludes halogenated alkanes) is 2. The number of hydrogen-bond acceptors (Lipinski definition) is 3. The van der Waals surface area contributed by atoms with Gasteiger partial charge in [0.2, 0.25) is 0 Å². The Morgan fingerprint density at radius 1 is 1.39 bits per heavy atom. The van der Waals surface area contributed by atoms with Crippen LogP contribution in [0.3, 0.4) is 0 Å². The van der Waals surface area contributed by atoms with Gasteiger partial charge in [0.05, 0.1) is 17.3 Å². The summed E-state index contributed by atoms with van der Waals surface area (Å²) in [7, 11) is 0. The highest BCUT2D eigenvalue weighted by molar-refractivity contribution is 5.66. The van der Waals surface area contributed by atoms with Gasteiger partial charge in [-0.05, 0) is 31.0 Å². The third-order valence-corrected chi connectivity index (χ3v) is 2.48. The van der Waals surface area contributed by atoms with Crippen LogP contribution in [0.25, 0.3) is 0 Å². The topological polar surface area (TPSA) is 73.1 Å². The SMILES string of the molecule is N#Cc1ccc(NCCCCCC(=O)O)c(F)c1. The fraction of sp³-hybridized carbons (Fsp3) is 0.385. The van der Waals surface area contributed by atoms with Crippen molar-refractivity contribution in [3.63, 3.8) is 0 Å². The summed E-state index contributed by atoms with van der Waals surface area (Å²) in [5.41, 5.74) is 0.659. The summed E-state index contributed by atoms with van der Waals surface area (Å²) in [5.74, 6) is -1.24. The predicted molar refractivity (Wildman–Crippen MR) is 65.7 cm³/mol. The maximum absolute atomic E-state index is 13.4. The molecule has 0 spiro atoms. The number of hydrogen-bond donors (Lipinski definition) is 2. The molecule has 1 rings (SSSR count). The number of aliphatic carboxylic acids is 1. The largest absolute Gasteiger partial charge is 0.481 e. The molecule has 0 saturated heterocycles. The normalized spacial score (nSPS) is 9.78. The second-order valence-corrected chi connectivity index (χ2v) is 3.94. The highest BCUT2D eigenvalue weighted by atomic mass is 19.1. The maximum atomic E-state index is 13.4. The summed E-state index contributed by atoms with van der Waals surface area (Å²) in [6.07, 6.45) is 2.38. The number of carboxylic acids is 1. The van der Waals surface area contributed by atoms with Crippen LogP contribution in [0, 0.1) is 17.1 Å². The molecule has 0 aliphatic heterocycles. The van der Waals surface area contributed by atoms with Crippen LogP contribution < -0.4 is 5.32 Å². The van der Waals surface area contributed by atoms with E-state index in [2.05, 4.69) is 5.32 Å². The Morgan fingerprint density at radius 2 is 2.17 bits per heavy atom. The number of nitrogens with one attached hydrogen (secondary N) is 1. The zero-order chi connectivity index (χ0) is 13.4. The molecule has 0 heterocycles. The minimum atomic E-state index is -0.791. The van der Waals surface area contributed by atoms with Crippen molar-refractivity contribution in [2.24, 2.45) is 0 Å². The molecule has 1 aromatic rings. The number of nitriles is 1. The van der Waals surface area contributed by atoms with Gasteiger partial charge in [-0.15, -0.1) is 0 Å². The van der Waals surface area contributed by atoms with Crippen LogP contribution >= 0.6 is 0 Å². The van der Waals surface area contributed by atoms with Crippen LogP contribution in [0.4, 0.5) is 10.1 Å². The minimum absolute atomic E-state index is 0.172. The quantitative estimate of drug-likeness (QED) is 0.730. The van der Waals surface area contributed by atoms with Crippen molar-refractivity contribution in [3.05, 3.63) is 29.6 Å². The van der Waals surface area contributed by atoms with E-state index < -0.39 is 11.8 Å². The van der Waals surface area contributed by atoms with Crippen LogP contribution in [0.15, 0.2) is 18.2 Å². The van der Waals surface area contributed by atoms with Crippen LogP contribution in [0.2, 0.25) is 0 Å². The van der Waals surface area contributed by atoms with E-state index in [1.807, 2.05) is 6.07 Å². The van der Waals surface area contributed by atoms with Gasteiger partial charge < -0.3 is 10.4 Å². The number of carboxylic acid groups (broad SMARTS) is 1. The van der Waals surface area contributed by atoms with Crippen molar-refractivity contribution in [2.75, 3.05) is 11.9 Å². The fourth-order valence-electron chi connectivity index (χ4n) is 1.53. The van der Waals surface area contributed by atoms with E-state index in [9.17, 15) is 9.18 Å². The molecule has 0 aliphatic carbocycles. The molecular formula is C13H15FN2O2. The van der Waals surface area contributed by atoms with Gasteiger partial charge in [-0.2, -0.15) is 5.26 Å². The standard InChI is InChI=1S/C13H15FN2O2/c14-11-8-10(9-15)5-6-12(11)16-7-3-1-2-4-13(17)18/h5-6,8,16H,1-4,7H2,(H,17,18). The third kappa shape index (κ3) is 4.83. The van der Waals surface area contributed by atoms with Crippen LogP contribution in [-0.4, -0.2) is 17.6 Å². The molecule has 5 heteroatoms. The van der Waals surface area contributed by atoms with Crippen molar-refractivity contribution in [1.29, 1.82) is 5.26 Å². The highest BCUT2D eigenvalue weighted by Crippen LogP contribution is 2.15. The lowest BCUT2D eigenvalue weighted by Gasteiger charge is -2.07. The van der Waals surface area contributed by atoms with Crippen LogP contribution in [-0.2, 0) is 4.79 Å². The zero-order valence-electron chi connectivity index (χ0n) is 9.95. The van der Waals surface area contributed by atoms with Crippen molar-refractivity contribution in [1.82, 2.24) is 0 Å². The zero-order valence-corrected chi connectivity index (χ0v) is 9.95. The lowest BCUT2D eigenvalue weighted by molar-refractivity contribution is -0.137. The van der Waals surface area contributed by atoms with E-state index in [0.717, 1.165) is 12.8 Å². The fourth-order valence-corrected chi connectivity index (χ4v) is 1.53. The molecular weight excluding hydrogens is 235 g/mol. The molecule has 96 valence electrons. The Hall–Kier alpha value is -2.09. The second-order valence-electron chi connectivity index (χ2n) is 3.94. The van der Waals surface area contributed by atoms with Gasteiger partial charge in [-0.1, -0.05) is 6.42 Å². The van der Waals surface area contributed by atoms with Gasteiger partial charge in [-0.25, -0.2) is 4.39 Å². The molecule has 1 aromatic carbocycles. The van der Waals surface area contributed by atoms with E-state index in [1.165, 1.54) is 12.1 Å². The summed E-state index contributed by atoms with van der Waals surface area (Å²) in [6.45, 7) is 0.586. The molecule has 0 fully saturated rings. The number of benzene rings is 1. The van der Waals surface area contributed by atoms with Gasteiger partial charge in [0.1, 0.15) is 5.82 Å². The Balaban J connectivity index is 2.27. The van der Waals surface area contributed by atoms with E-state index in [0.29, 0.717) is 24.2 Å². The smallest absolute Gasteiger partial charge is 0.303 e. The lowest BCUT2D eigenvalue weighted by Crippen LogP contribution is -2.04. The molecule has 0 aliphatic rings. The van der Waals surface area contributed by atoms with E-state index >= 15 is 0 Å². The van der Waals surface area contributed by atoms with E-state index in [1.54, 1.807) is 6.07 Å². The van der Waals surface area contributed by atoms with Gasteiger partial charge in [0.25, 0.3) is 0 Å². The minimum Gasteiger partial charge on any atom is -0.481 e. The van der Waals surface area contributed by atoms with Crippen molar-refractivity contribution < 1.29 is 14.3 Å². The summed E-state index contributed by atoms with van der Waals surface area (Å²) < 4.78 is 13.4. The Kier molecular flexibility index (Phi) is 5.65. The Bertz CT molecular complexity index is 455. The first kappa shape index (κ1) is 14.0. The van der Waals surface area contributed by atoms with E-state index in [4.69, 9.17) is 10.4 Å². The summed E-state index contributed by atoms with van der Waals surface area (Å²) in [6, 6.07) is 6.14. The van der Waals surface area contributed by atoms with Crippen LogP contribution in [0.5, 0.6) is 0 Å². The molecule has 18 heavy (non-hydrogen) atoms. The molecule has 4 nitrogen and oxygen atoms in total. The summed E-state index contributed by atoms with van der Waals surface area (Å²) >= 11 is 0. The number of anilines is 1. The molecule has 0 aromatic heterocycles. The van der Waals surface area contributed by atoms with Gasteiger partial charge in [0.15, 0.2) is 0 Å². The third-order valence-electron chi connectivity index (χ3n) is 2.48. The molecule has 0 bridgehead atoms. The molecule has 0 atom stereocenters. The van der Waals surface area contributed by atoms with Gasteiger partial charge in [0, 0.05) is 13.0 Å². The number of nitrogens with zero attached hydrogens (tertiary/aromatic N) is 1. The Labute approximate surface area is 105 Å². The van der Waals surface area contributed by atoms with Gasteiger partial charge >= 0.3 is 5.97 Å². The van der Waals surface area contributed by atoms with Crippen molar-refractivity contribution in [3.8, 4) is 6.07 Å². The summed E-state index contributed by atoms with van der Waals surface area (Å²) in [5, 5.41) is 19.9. The molecule has 0 amide bonds. The maximum Gasteiger partial charge on any atom is 0.303 e. The Morgan fingerprint density at radius 3 is 2.78 bits per heavy atom. The molecule has 0 radical (unpaired) electrons.